The normalized spacial score (nSPS) is 12.4. The summed E-state index contributed by atoms with van der Waals surface area (Å²) in [6.07, 6.45) is 1.79. The Morgan fingerprint density at radius 3 is 2.24 bits per heavy atom. The first kappa shape index (κ1) is 18.9. The first-order valence-corrected chi connectivity index (χ1v) is 9.66. The second-order valence-corrected chi connectivity index (χ2v) is 7.63. The number of halogens is 1. The van der Waals surface area contributed by atoms with Crippen molar-refractivity contribution in [1.82, 2.24) is 5.32 Å². The van der Waals surface area contributed by atoms with Gasteiger partial charge in [0.1, 0.15) is 11.6 Å². The molecule has 0 bridgehead atoms. The van der Waals surface area contributed by atoms with Gasteiger partial charge in [-0.15, -0.1) is 0 Å². The van der Waals surface area contributed by atoms with Crippen LogP contribution >= 0.6 is 0 Å². The molecule has 0 spiro atoms. The molecular weight excluding hydrogens is 345 g/mol. The van der Waals surface area contributed by atoms with E-state index in [1.54, 1.807) is 12.1 Å². The number of amides is 1. The van der Waals surface area contributed by atoms with Gasteiger partial charge in [-0.1, -0.05) is 19.1 Å². The maximum atomic E-state index is 12.8. The molecule has 0 aliphatic carbocycles. The predicted molar refractivity (Wildman–Crippen MR) is 92.6 cm³/mol. The Labute approximate surface area is 146 Å². The lowest BCUT2D eigenvalue weighted by Crippen LogP contribution is -2.32. The monoisotopic (exact) mass is 365 g/mol. The molecule has 1 atom stereocenters. The molecule has 0 saturated heterocycles. The van der Waals surface area contributed by atoms with E-state index in [9.17, 15) is 17.6 Å². The number of carbonyl (C=O) groups is 1. The molecule has 134 valence electrons. The molecule has 2 aromatic rings. The number of carbonyl (C=O) groups excluding carboxylic acids is 1. The molecule has 0 fully saturated rings. The highest BCUT2D eigenvalue weighted by Crippen LogP contribution is 2.19. The molecule has 1 N–H and O–H groups in total. The van der Waals surface area contributed by atoms with Crippen molar-refractivity contribution in [3.8, 4) is 5.75 Å². The van der Waals surface area contributed by atoms with Crippen LogP contribution in [-0.4, -0.2) is 27.2 Å². The minimum Gasteiger partial charge on any atom is -0.484 e. The van der Waals surface area contributed by atoms with E-state index < -0.39 is 9.84 Å². The van der Waals surface area contributed by atoms with E-state index in [0.29, 0.717) is 12.2 Å². The van der Waals surface area contributed by atoms with Crippen molar-refractivity contribution >= 4 is 15.7 Å². The Kier molecular flexibility index (Phi) is 6.14. The quantitative estimate of drug-likeness (QED) is 0.819. The lowest BCUT2D eigenvalue weighted by molar-refractivity contribution is -0.123. The Hall–Kier alpha value is -2.41. The zero-order chi connectivity index (χ0) is 18.4. The number of hydrogen-bond donors (Lipinski definition) is 1. The first-order valence-electron chi connectivity index (χ1n) is 7.77. The van der Waals surface area contributed by atoms with E-state index in [1.165, 1.54) is 36.4 Å². The maximum absolute atomic E-state index is 12.8. The fraction of sp³-hybridized carbons (Fsp3) is 0.278. The molecule has 7 heteroatoms. The van der Waals surface area contributed by atoms with Gasteiger partial charge in [0.25, 0.3) is 5.91 Å². The van der Waals surface area contributed by atoms with Crippen molar-refractivity contribution in [3.63, 3.8) is 0 Å². The summed E-state index contributed by atoms with van der Waals surface area (Å²) in [6, 6.07) is 11.6. The van der Waals surface area contributed by atoms with E-state index >= 15 is 0 Å². The second kappa shape index (κ2) is 8.11. The highest BCUT2D eigenvalue weighted by molar-refractivity contribution is 7.90. The van der Waals surface area contributed by atoms with Crippen molar-refractivity contribution in [2.75, 3.05) is 12.9 Å². The van der Waals surface area contributed by atoms with Crippen LogP contribution in [0.3, 0.4) is 0 Å². The molecule has 1 unspecified atom stereocenters. The van der Waals surface area contributed by atoms with Crippen molar-refractivity contribution in [2.45, 2.75) is 24.3 Å². The molecule has 0 aliphatic rings. The molecule has 0 saturated carbocycles. The summed E-state index contributed by atoms with van der Waals surface area (Å²) in [5.41, 5.74) is 0.810. The summed E-state index contributed by atoms with van der Waals surface area (Å²) in [5.74, 6) is -0.286. The lowest BCUT2D eigenvalue weighted by atomic mass is 10.0. The summed E-state index contributed by atoms with van der Waals surface area (Å²) in [5, 5.41) is 2.84. The summed E-state index contributed by atoms with van der Waals surface area (Å²) in [4.78, 5) is 12.3. The molecule has 0 aromatic heterocycles. The topological polar surface area (TPSA) is 72.5 Å². The first-order chi connectivity index (χ1) is 11.8. The molecule has 0 heterocycles. The van der Waals surface area contributed by atoms with E-state index in [2.05, 4.69) is 5.32 Å². The van der Waals surface area contributed by atoms with Gasteiger partial charge < -0.3 is 10.1 Å². The van der Waals surface area contributed by atoms with Crippen LogP contribution in [0.5, 0.6) is 5.75 Å². The number of hydrogen-bond acceptors (Lipinski definition) is 4. The van der Waals surface area contributed by atoms with E-state index in [4.69, 9.17) is 4.74 Å². The zero-order valence-electron chi connectivity index (χ0n) is 14.0. The number of nitrogens with one attached hydrogen (secondary N) is 1. The highest BCUT2D eigenvalue weighted by Gasteiger charge is 2.14. The van der Waals surface area contributed by atoms with Crippen LogP contribution in [0, 0.1) is 5.82 Å². The van der Waals surface area contributed by atoms with Gasteiger partial charge in [-0.25, -0.2) is 12.8 Å². The third-order valence-corrected chi connectivity index (χ3v) is 4.77. The fourth-order valence-corrected chi connectivity index (χ4v) is 2.91. The third kappa shape index (κ3) is 5.56. The summed E-state index contributed by atoms with van der Waals surface area (Å²) < 4.78 is 41.1. The van der Waals surface area contributed by atoms with Gasteiger partial charge in [0, 0.05) is 6.26 Å². The molecule has 5 nitrogen and oxygen atoms in total. The maximum Gasteiger partial charge on any atom is 0.258 e. The summed E-state index contributed by atoms with van der Waals surface area (Å²) in [7, 11) is -3.25. The molecular formula is C18H20FNO4S. The largest absolute Gasteiger partial charge is 0.484 e. The van der Waals surface area contributed by atoms with Crippen LogP contribution in [0.4, 0.5) is 4.39 Å². The minimum atomic E-state index is -3.25. The standard InChI is InChI=1S/C18H20FNO4S/c1-3-17(13-4-10-16(11-5-13)25(2,22)23)20-18(21)12-24-15-8-6-14(19)7-9-15/h4-11,17H,3,12H2,1-2H3,(H,20,21). The van der Waals surface area contributed by atoms with Crippen molar-refractivity contribution in [3.05, 3.63) is 59.9 Å². The van der Waals surface area contributed by atoms with E-state index in [0.717, 1.165) is 11.8 Å². The van der Waals surface area contributed by atoms with E-state index in [-0.39, 0.29) is 29.3 Å². The second-order valence-electron chi connectivity index (χ2n) is 5.61. The molecule has 1 amide bonds. The van der Waals surface area contributed by atoms with Crippen LogP contribution in [0.2, 0.25) is 0 Å². The molecule has 2 rings (SSSR count). The van der Waals surface area contributed by atoms with Gasteiger partial charge in [-0.05, 0) is 48.4 Å². The van der Waals surface area contributed by atoms with Gasteiger partial charge in [0.05, 0.1) is 10.9 Å². The summed E-state index contributed by atoms with van der Waals surface area (Å²) >= 11 is 0. The molecule has 0 aliphatic heterocycles. The smallest absolute Gasteiger partial charge is 0.258 e. The number of sulfone groups is 1. The molecule has 0 radical (unpaired) electrons. The van der Waals surface area contributed by atoms with Gasteiger partial charge in [0.2, 0.25) is 0 Å². The highest BCUT2D eigenvalue weighted by atomic mass is 32.2. The third-order valence-electron chi connectivity index (χ3n) is 3.64. The van der Waals surface area contributed by atoms with Crippen LogP contribution < -0.4 is 10.1 Å². The van der Waals surface area contributed by atoms with Gasteiger partial charge in [-0.2, -0.15) is 0 Å². The van der Waals surface area contributed by atoms with Gasteiger partial charge in [-0.3, -0.25) is 4.79 Å². The van der Waals surface area contributed by atoms with Crippen molar-refractivity contribution in [2.24, 2.45) is 0 Å². The van der Waals surface area contributed by atoms with Crippen molar-refractivity contribution < 1.29 is 22.3 Å². The Balaban J connectivity index is 1.96. The molecule has 2 aromatic carbocycles. The average Bonchev–Trinajstić information content (AvgIpc) is 2.58. The number of rotatable bonds is 7. The van der Waals surface area contributed by atoms with Crippen LogP contribution in [0.1, 0.15) is 24.9 Å². The van der Waals surface area contributed by atoms with Gasteiger partial charge in [0.15, 0.2) is 16.4 Å². The van der Waals surface area contributed by atoms with Crippen LogP contribution in [0.15, 0.2) is 53.4 Å². The van der Waals surface area contributed by atoms with Crippen molar-refractivity contribution in [1.29, 1.82) is 0 Å². The summed E-state index contributed by atoms with van der Waals surface area (Å²) in [6.45, 7) is 1.72. The lowest BCUT2D eigenvalue weighted by Gasteiger charge is -2.18. The van der Waals surface area contributed by atoms with E-state index in [1.807, 2.05) is 6.92 Å². The fourth-order valence-electron chi connectivity index (χ4n) is 2.28. The average molecular weight is 365 g/mol. The number of benzene rings is 2. The Morgan fingerprint density at radius 1 is 1.12 bits per heavy atom. The Morgan fingerprint density at radius 2 is 1.72 bits per heavy atom. The zero-order valence-corrected chi connectivity index (χ0v) is 14.8. The predicted octanol–water partition coefficient (Wildman–Crippen LogP) is 2.88. The SMILES string of the molecule is CCC(NC(=O)COc1ccc(F)cc1)c1ccc(S(C)(=O)=O)cc1. The molecule has 25 heavy (non-hydrogen) atoms. The minimum absolute atomic E-state index is 0.191. The van der Waals surface area contributed by atoms with Crippen LogP contribution in [0.25, 0.3) is 0 Å². The number of ether oxygens (including phenoxy) is 1. The van der Waals surface area contributed by atoms with Crippen LogP contribution in [-0.2, 0) is 14.6 Å². The van der Waals surface area contributed by atoms with Gasteiger partial charge >= 0.3 is 0 Å². The Bertz CT molecular complexity index is 817.